The van der Waals surface area contributed by atoms with Crippen LogP contribution in [0.15, 0.2) is 58.6 Å². The first kappa shape index (κ1) is 13.7. The molecule has 0 unspecified atom stereocenters. The first-order chi connectivity index (χ1) is 9.26. The van der Waals surface area contributed by atoms with Crippen molar-refractivity contribution < 1.29 is 5.21 Å². The summed E-state index contributed by atoms with van der Waals surface area (Å²) in [7, 11) is 0. The Bertz CT molecular complexity index is 579. The molecule has 2 rings (SSSR count). The van der Waals surface area contributed by atoms with Crippen LogP contribution in [0, 0.1) is 0 Å². The molecular weight excluding hydrogens is 254 g/mol. The largest absolute Gasteiger partial charge is 0.411 e. The van der Waals surface area contributed by atoms with Crippen molar-refractivity contribution in [1.82, 2.24) is 0 Å². The maximum absolute atomic E-state index is 9.08. The smallest absolute Gasteiger partial charge is 0.0878 e. The summed E-state index contributed by atoms with van der Waals surface area (Å²) in [5.74, 6) is 0. The molecule has 0 aromatic heterocycles. The summed E-state index contributed by atoms with van der Waals surface area (Å²) >= 11 is 4.51. The Morgan fingerprint density at radius 1 is 1.11 bits per heavy atom. The van der Waals surface area contributed by atoms with Crippen molar-refractivity contribution in [2.45, 2.75) is 24.7 Å². The first-order valence-corrected chi connectivity index (χ1v) is 6.80. The average molecular weight is 271 g/mol. The lowest BCUT2D eigenvalue weighted by Crippen LogP contribution is -2.02. The van der Waals surface area contributed by atoms with Crippen molar-refractivity contribution in [2.75, 3.05) is 0 Å². The van der Waals surface area contributed by atoms with E-state index in [1.807, 2.05) is 36.4 Å². The molecule has 0 bridgehead atoms. The third-order valence-corrected chi connectivity index (χ3v) is 3.39. The fourth-order valence-corrected chi connectivity index (χ4v) is 2.40. The van der Waals surface area contributed by atoms with E-state index in [-0.39, 0.29) is 0 Å². The molecule has 0 aliphatic heterocycles. The van der Waals surface area contributed by atoms with Crippen molar-refractivity contribution in [3.05, 3.63) is 54.1 Å². The van der Waals surface area contributed by atoms with Crippen LogP contribution in [-0.2, 0) is 0 Å². The summed E-state index contributed by atoms with van der Waals surface area (Å²) in [5.41, 5.74) is 3.85. The van der Waals surface area contributed by atoms with Crippen LogP contribution in [-0.4, -0.2) is 10.9 Å². The molecule has 19 heavy (non-hydrogen) atoms. The van der Waals surface area contributed by atoms with Crippen LogP contribution in [0.3, 0.4) is 0 Å². The molecular formula is C16H17NOS. The van der Waals surface area contributed by atoms with E-state index in [9.17, 15) is 0 Å². The van der Waals surface area contributed by atoms with Gasteiger partial charge in [0.25, 0.3) is 0 Å². The second kappa shape index (κ2) is 6.43. The molecule has 0 atom stereocenters. The fraction of sp³-hybridized carbons (Fsp3) is 0.188. The lowest BCUT2D eigenvalue weighted by atomic mass is 10.0. The highest BCUT2D eigenvalue weighted by Gasteiger charge is 2.08. The molecule has 3 heteroatoms. The van der Waals surface area contributed by atoms with Gasteiger partial charge in [-0.2, -0.15) is 0 Å². The number of oxime groups is 1. The summed E-state index contributed by atoms with van der Waals surface area (Å²) in [5, 5.41) is 12.5. The average Bonchev–Trinajstić information content (AvgIpc) is 2.46. The standard InChI is InChI=1S/C16H17NOS/c1-2-6-15(17-18)14-10-9-13(11-16(14)19)12-7-4-3-5-8-12/h3-5,7-11,18-19H,2,6H2,1H3. The van der Waals surface area contributed by atoms with Crippen molar-refractivity contribution in [3.63, 3.8) is 0 Å². The number of rotatable bonds is 4. The lowest BCUT2D eigenvalue weighted by Gasteiger charge is -2.09. The van der Waals surface area contributed by atoms with Crippen molar-refractivity contribution in [3.8, 4) is 11.1 Å². The van der Waals surface area contributed by atoms with E-state index in [1.165, 1.54) is 0 Å². The van der Waals surface area contributed by atoms with Crippen LogP contribution < -0.4 is 0 Å². The predicted molar refractivity (Wildman–Crippen MR) is 82.4 cm³/mol. The van der Waals surface area contributed by atoms with Gasteiger partial charge in [-0.15, -0.1) is 12.6 Å². The number of nitrogens with zero attached hydrogens (tertiary/aromatic N) is 1. The minimum Gasteiger partial charge on any atom is -0.411 e. The van der Waals surface area contributed by atoms with Gasteiger partial charge in [-0.3, -0.25) is 0 Å². The van der Waals surface area contributed by atoms with Crippen LogP contribution in [0.5, 0.6) is 0 Å². The van der Waals surface area contributed by atoms with Gasteiger partial charge in [0.2, 0.25) is 0 Å². The summed E-state index contributed by atoms with van der Waals surface area (Å²) < 4.78 is 0. The summed E-state index contributed by atoms with van der Waals surface area (Å²) in [6, 6.07) is 16.2. The third kappa shape index (κ3) is 3.18. The Morgan fingerprint density at radius 2 is 1.84 bits per heavy atom. The van der Waals surface area contributed by atoms with Crippen LogP contribution in [0.25, 0.3) is 11.1 Å². The minimum absolute atomic E-state index is 0.687. The quantitative estimate of drug-likeness (QED) is 0.361. The highest BCUT2D eigenvalue weighted by atomic mass is 32.1. The normalized spacial score (nSPS) is 11.6. The Morgan fingerprint density at radius 3 is 2.42 bits per heavy atom. The molecule has 2 aromatic carbocycles. The van der Waals surface area contributed by atoms with Gasteiger partial charge in [0, 0.05) is 10.5 Å². The van der Waals surface area contributed by atoms with Crippen LogP contribution in [0.4, 0.5) is 0 Å². The van der Waals surface area contributed by atoms with Crippen molar-refractivity contribution >= 4 is 18.3 Å². The van der Waals surface area contributed by atoms with Gasteiger partial charge in [0.05, 0.1) is 5.71 Å². The van der Waals surface area contributed by atoms with E-state index in [0.29, 0.717) is 5.71 Å². The summed E-state index contributed by atoms with van der Waals surface area (Å²) in [6.45, 7) is 2.06. The molecule has 2 aromatic rings. The molecule has 0 aliphatic carbocycles. The third-order valence-electron chi connectivity index (χ3n) is 3.02. The number of thiol groups is 1. The molecule has 0 radical (unpaired) electrons. The molecule has 1 N–H and O–H groups in total. The molecule has 0 spiro atoms. The first-order valence-electron chi connectivity index (χ1n) is 6.36. The zero-order chi connectivity index (χ0) is 13.7. The van der Waals surface area contributed by atoms with Crippen LogP contribution in [0.2, 0.25) is 0 Å². The molecule has 0 saturated carbocycles. The molecule has 0 aliphatic rings. The van der Waals surface area contributed by atoms with Gasteiger partial charge >= 0.3 is 0 Å². The number of hydrogen-bond donors (Lipinski definition) is 2. The SMILES string of the molecule is CCCC(=NO)c1ccc(-c2ccccc2)cc1S. The fourth-order valence-electron chi connectivity index (χ4n) is 2.06. The molecule has 2 nitrogen and oxygen atoms in total. The molecule has 0 saturated heterocycles. The van der Waals surface area contributed by atoms with Crippen molar-refractivity contribution in [2.24, 2.45) is 5.16 Å². The maximum Gasteiger partial charge on any atom is 0.0878 e. The van der Waals surface area contributed by atoms with Gasteiger partial charge in [0.1, 0.15) is 0 Å². The minimum atomic E-state index is 0.687. The van der Waals surface area contributed by atoms with E-state index in [2.05, 4.69) is 36.8 Å². The Balaban J connectivity index is 2.37. The van der Waals surface area contributed by atoms with E-state index in [1.54, 1.807) is 0 Å². The van der Waals surface area contributed by atoms with Gasteiger partial charge in [-0.05, 0) is 23.6 Å². The maximum atomic E-state index is 9.08. The highest BCUT2D eigenvalue weighted by Crippen LogP contribution is 2.25. The zero-order valence-electron chi connectivity index (χ0n) is 10.9. The highest BCUT2D eigenvalue weighted by molar-refractivity contribution is 7.80. The van der Waals surface area contributed by atoms with Crippen LogP contribution >= 0.6 is 12.6 Å². The Kier molecular flexibility index (Phi) is 4.63. The predicted octanol–water partition coefficient (Wildman–Crippen LogP) is 4.62. The van der Waals surface area contributed by atoms with Crippen LogP contribution in [0.1, 0.15) is 25.3 Å². The van der Waals surface area contributed by atoms with E-state index >= 15 is 0 Å². The van der Waals surface area contributed by atoms with E-state index in [0.717, 1.165) is 34.4 Å². The summed E-state index contributed by atoms with van der Waals surface area (Å²) in [4.78, 5) is 0.836. The van der Waals surface area contributed by atoms with Crippen molar-refractivity contribution in [1.29, 1.82) is 0 Å². The van der Waals surface area contributed by atoms with Gasteiger partial charge < -0.3 is 5.21 Å². The van der Waals surface area contributed by atoms with Gasteiger partial charge in [0.15, 0.2) is 0 Å². The van der Waals surface area contributed by atoms with Gasteiger partial charge in [-0.25, -0.2) is 0 Å². The van der Waals surface area contributed by atoms with E-state index in [4.69, 9.17) is 5.21 Å². The number of benzene rings is 2. The lowest BCUT2D eigenvalue weighted by molar-refractivity contribution is 0.318. The number of hydrogen-bond acceptors (Lipinski definition) is 3. The van der Waals surface area contributed by atoms with E-state index < -0.39 is 0 Å². The summed E-state index contributed by atoms with van der Waals surface area (Å²) in [6.07, 6.45) is 1.68. The van der Waals surface area contributed by atoms with Gasteiger partial charge in [-0.1, -0.05) is 61.0 Å². The monoisotopic (exact) mass is 271 g/mol. The second-order valence-corrected chi connectivity index (χ2v) is 4.88. The molecule has 0 heterocycles. The molecule has 0 fully saturated rings. The zero-order valence-corrected chi connectivity index (χ0v) is 11.8. The molecule has 98 valence electrons. The Labute approximate surface area is 119 Å². The Hall–Kier alpha value is -1.74. The molecule has 0 amide bonds. The topological polar surface area (TPSA) is 32.6 Å². The second-order valence-electron chi connectivity index (χ2n) is 4.39.